The van der Waals surface area contributed by atoms with Crippen LogP contribution in [0.4, 0.5) is 0 Å². The van der Waals surface area contributed by atoms with E-state index in [-0.39, 0.29) is 1.43 Å². The maximum absolute atomic E-state index is 7.02. The highest BCUT2D eigenvalue weighted by atomic mass is 14.8. The van der Waals surface area contributed by atoms with Crippen molar-refractivity contribution in [3.8, 4) is 0 Å². The molecule has 0 heterocycles. The molecule has 0 saturated carbocycles. The second kappa shape index (κ2) is 15.4. The minimum absolute atomic E-state index is 0. The highest BCUT2D eigenvalue weighted by Crippen LogP contribution is 1.97. The third-order valence-electron chi connectivity index (χ3n) is 1.28. The molecule has 0 atom stereocenters. The zero-order valence-electron chi connectivity index (χ0n) is 11.3. The van der Waals surface area contributed by atoms with Crippen LogP contribution in [0.15, 0.2) is 16.3 Å². The molecule has 0 radical (unpaired) electrons. The Balaban J connectivity index is -0.000000129. The Morgan fingerprint density at radius 2 is 1.67 bits per heavy atom. The zero-order valence-corrected chi connectivity index (χ0v) is 11.3. The first-order chi connectivity index (χ1) is 7.13. The van der Waals surface area contributed by atoms with Crippen molar-refractivity contribution in [3.63, 3.8) is 0 Å². The predicted molar refractivity (Wildman–Crippen MR) is 74.1 cm³/mol. The van der Waals surface area contributed by atoms with Gasteiger partial charge in [0.05, 0.1) is 11.4 Å². The molecule has 0 rings (SSSR count). The number of nitrogens with one attached hydrogen (secondary N) is 1. The highest BCUT2D eigenvalue weighted by Gasteiger charge is 1.98. The zero-order chi connectivity index (χ0) is 12.9. The molecule has 92 valence electrons. The van der Waals surface area contributed by atoms with Crippen LogP contribution < -0.4 is 5.73 Å². The van der Waals surface area contributed by atoms with Gasteiger partial charge < -0.3 is 11.1 Å². The standard InChI is InChI=1S/C8H15N3.2C2H6.H2/c1-4-11-7(5-9)8(10)6(2)3;2*1-2;/h5,9H,4,10H2,1-3H3;2*1-2H3;1H. The van der Waals surface area contributed by atoms with Crippen molar-refractivity contribution in [2.24, 2.45) is 10.7 Å². The van der Waals surface area contributed by atoms with Gasteiger partial charge in [-0.15, -0.1) is 0 Å². The maximum Gasteiger partial charge on any atom is 0.0978 e. The molecule has 15 heavy (non-hydrogen) atoms. The van der Waals surface area contributed by atoms with Crippen molar-refractivity contribution < 1.29 is 1.43 Å². The molecule has 0 aromatic heterocycles. The van der Waals surface area contributed by atoms with E-state index in [1.807, 2.05) is 48.5 Å². The van der Waals surface area contributed by atoms with Gasteiger partial charge in [0.2, 0.25) is 0 Å². The topological polar surface area (TPSA) is 62.2 Å². The summed E-state index contributed by atoms with van der Waals surface area (Å²) in [6.07, 6.45) is 1.19. The average molecular weight is 215 g/mol. The van der Waals surface area contributed by atoms with Gasteiger partial charge in [0.25, 0.3) is 0 Å². The van der Waals surface area contributed by atoms with E-state index >= 15 is 0 Å². The van der Waals surface area contributed by atoms with Gasteiger partial charge in [0, 0.05) is 14.2 Å². The molecule has 0 aromatic carbocycles. The quantitative estimate of drug-likeness (QED) is 0.693. The number of rotatable bonds is 3. The largest absolute Gasteiger partial charge is 0.397 e. The Labute approximate surface area is 96.5 Å². The minimum atomic E-state index is 0. The van der Waals surface area contributed by atoms with Crippen LogP contribution in [-0.2, 0) is 0 Å². The number of aliphatic imine (C=N–C) groups is 1. The Morgan fingerprint density at radius 1 is 1.27 bits per heavy atom. The van der Waals surface area contributed by atoms with Gasteiger partial charge >= 0.3 is 0 Å². The lowest BCUT2D eigenvalue weighted by Crippen LogP contribution is -2.14. The number of nitrogens with two attached hydrogens (primary N) is 1. The third-order valence-corrected chi connectivity index (χ3v) is 1.28. The Morgan fingerprint density at radius 3 is 1.87 bits per heavy atom. The number of hydrogen-bond donors (Lipinski definition) is 2. The van der Waals surface area contributed by atoms with Crippen LogP contribution in [0.5, 0.6) is 0 Å². The molecule has 0 saturated heterocycles. The van der Waals surface area contributed by atoms with E-state index in [1.54, 1.807) is 0 Å². The van der Waals surface area contributed by atoms with Crippen molar-refractivity contribution >= 4 is 11.9 Å². The Bertz CT molecular complexity index is 204. The summed E-state index contributed by atoms with van der Waals surface area (Å²) in [7, 11) is 0. The molecule has 0 unspecified atom stereocenters. The van der Waals surface area contributed by atoms with Crippen LogP contribution in [0, 0.1) is 5.41 Å². The molecule has 0 fully saturated rings. The van der Waals surface area contributed by atoms with E-state index in [0.717, 1.165) is 5.57 Å². The third kappa shape index (κ3) is 10.8. The molecule has 0 aliphatic carbocycles. The lowest BCUT2D eigenvalue weighted by molar-refractivity contribution is 1.12. The molecule has 3 heteroatoms. The molecule has 3 nitrogen and oxygen atoms in total. The Hall–Kier alpha value is -1.12. The van der Waals surface area contributed by atoms with Crippen LogP contribution >= 0.6 is 0 Å². The second-order valence-corrected chi connectivity index (χ2v) is 2.42. The smallest absolute Gasteiger partial charge is 0.0978 e. The fraction of sp³-hybridized carbons (Fsp3) is 0.667. The van der Waals surface area contributed by atoms with E-state index in [2.05, 4.69) is 4.99 Å². The van der Waals surface area contributed by atoms with Crippen LogP contribution in [-0.4, -0.2) is 18.5 Å². The number of allylic oxidation sites excluding steroid dienone is 2. The van der Waals surface area contributed by atoms with Crippen molar-refractivity contribution in [3.05, 3.63) is 11.3 Å². The molecular weight excluding hydrogens is 186 g/mol. The number of hydrogen-bond acceptors (Lipinski definition) is 3. The molecule has 0 aliphatic heterocycles. The summed E-state index contributed by atoms with van der Waals surface area (Å²) in [5.41, 5.74) is 7.84. The second-order valence-electron chi connectivity index (χ2n) is 2.42. The molecule has 0 spiro atoms. The summed E-state index contributed by atoms with van der Waals surface area (Å²) >= 11 is 0. The van der Waals surface area contributed by atoms with Crippen molar-refractivity contribution in [2.45, 2.75) is 48.5 Å². The molecular formula is C12H29N3. The predicted octanol–water partition coefficient (Wildman–Crippen LogP) is 3.65. The molecule has 3 N–H and O–H groups in total. The van der Waals surface area contributed by atoms with E-state index in [4.69, 9.17) is 11.1 Å². The molecule has 0 aromatic rings. The van der Waals surface area contributed by atoms with Gasteiger partial charge in [-0.2, -0.15) is 0 Å². The summed E-state index contributed by atoms with van der Waals surface area (Å²) in [5, 5.41) is 7.02. The van der Waals surface area contributed by atoms with E-state index in [9.17, 15) is 0 Å². The van der Waals surface area contributed by atoms with Gasteiger partial charge in [0.15, 0.2) is 0 Å². The fourth-order valence-corrected chi connectivity index (χ4v) is 0.635. The molecule has 0 amide bonds. The normalized spacial score (nSPS) is 8.87. The summed E-state index contributed by atoms with van der Waals surface area (Å²) in [6.45, 7) is 14.4. The SMILES string of the molecule is CC.CC.CCN=C(C=N)C(N)=C(C)C.[HH]. The lowest BCUT2D eigenvalue weighted by Gasteiger charge is -2.01. The summed E-state index contributed by atoms with van der Waals surface area (Å²) in [5.74, 6) is 0. The first-order valence-electron chi connectivity index (χ1n) is 5.61. The monoisotopic (exact) mass is 215 g/mol. The maximum atomic E-state index is 7.02. The highest BCUT2D eigenvalue weighted by molar-refractivity contribution is 6.37. The fourth-order valence-electron chi connectivity index (χ4n) is 0.635. The minimum Gasteiger partial charge on any atom is -0.397 e. The van der Waals surface area contributed by atoms with E-state index < -0.39 is 0 Å². The van der Waals surface area contributed by atoms with Gasteiger partial charge in [-0.25, -0.2) is 0 Å². The van der Waals surface area contributed by atoms with Gasteiger partial charge in [-0.3, -0.25) is 4.99 Å². The summed E-state index contributed by atoms with van der Waals surface area (Å²) in [4.78, 5) is 4.05. The van der Waals surface area contributed by atoms with Crippen LogP contribution in [0.25, 0.3) is 0 Å². The van der Waals surface area contributed by atoms with Gasteiger partial charge in [-0.1, -0.05) is 33.3 Å². The van der Waals surface area contributed by atoms with E-state index in [0.29, 0.717) is 18.0 Å². The van der Waals surface area contributed by atoms with Crippen LogP contribution in [0.3, 0.4) is 0 Å². The lowest BCUT2D eigenvalue weighted by atomic mass is 10.2. The molecule has 0 aliphatic rings. The molecule has 0 bridgehead atoms. The van der Waals surface area contributed by atoms with Crippen LogP contribution in [0.2, 0.25) is 0 Å². The summed E-state index contributed by atoms with van der Waals surface area (Å²) in [6, 6.07) is 0. The Kier molecular flexibility index (Phi) is 19.9. The van der Waals surface area contributed by atoms with Crippen molar-refractivity contribution in [1.29, 1.82) is 5.41 Å². The first kappa shape index (κ1) is 19.5. The van der Waals surface area contributed by atoms with Gasteiger partial charge in [-0.05, 0) is 20.8 Å². The van der Waals surface area contributed by atoms with Crippen molar-refractivity contribution in [1.82, 2.24) is 0 Å². The van der Waals surface area contributed by atoms with Gasteiger partial charge in [0.1, 0.15) is 0 Å². The first-order valence-corrected chi connectivity index (χ1v) is 5.61. The average Bonchev–Trinajstić information content (AvgIpc) is 2.30. The number of nitrogens with zero attached hydrogens (tertiary/aromatic N) is 1. The van der Waals surface area contributed by atoms with Crippen molar-refractivity contribution in [2.75, 3.05) is 6.54 Å². The van der Waals surface area contributed by atoms with E-state index in [1.165, 1.54) is 6.21 Å². The summed E-state index contributed by atoms with van der Waals surface area (Å²) < 4.78 is 0. The van der Waals surface area contributed by atoms with Crippen LogP contribution in [0.1, 0.15) is 49.9 Å².